The van der Waals surface area contributed by atoms with Gasteiger partial charge in [0.1, 0.15) is 17.2 Å². The SMILES string of the molecule is COc1ccc(Oc2ccc(N/C=C3/CCC[C@H](C)C3=O)cc2)cc1. The summed E-state index contributed by atoms with van der Waals surface area (Å²) in [6, 6.07) is 15.1. The van der Waals surface area contributed by atoms with E-state index < -0.39 is 0 Å². The molecule has 0 radical (unpaired) electrons. The number of carbonyl (C=O) groups excluding carboxylic acids is 1. The number of nitrogens with one attached hydrogen (secondary N) is 1. The Hall–Kier alpha value is -2.75. The van der Waals surface area contributed by atoms with E-state index in [1.165, 1.54) is 0 Å². The van der Waals surface area contributed by atoms with Crippen molar-refractivity contribution in [3.63, 3.8) is 0 Å². The van der Waals surface area contributed by atoms with Crippen LogP contribution in [0.3, 0.4) is 0 Å². The molecule has 1 aliphatic rings. The van der Waals surface area contributed by atoms with Crippen LogP contribution in [0.1, 0.15) is 26.2 Å². The van der Waals surface area contributed by atoms with Gasteiger partial charge in [0.2, 0.25) is 0 Å². The molecule has 0 aromatic heterocycles. The third-order valence-electron chi connectivity index (χ3n) is 4.41. The van der Waals surface area contributed by atoms with E-state index >= 15 is 0 Å². The molecule has 0 saturated heterocycles. The van der Waals surface area contributed by atoms with Gasteiger partial charge >= 0.3 is 0 Å². The van der Waals surface area contributed by atoms with Crippen LogP contribution in [0.15, 0.2) is 60.3 Å². The van der Waals surface area contributed by atoms with Crippen molar-refractivity contribution in [2.45, 2.75) is 26.2 Å². The number of ketones is 1. The second-order valence-corrected chi connectivity index (χ2v) is 6.27. The molecule has 1 aliphatic carbocycles. The first-order valence-electron chi connectivity index (χ1n) is 8.57. The summed E-state index contributed by atoms with van der Waals surface area (Å²) in [5.74, 6) is 2.71. The van der Waals surface area contributed by atoms with E-state index in [2.05, 4.69) is 5.32 Å². The maximum Gasteiger partial charge on any atom is 0.163 e. The Morgan fingerprint density at radius 3 is 2.24 bits per heavy atom. The zero-order valence-corrected chi connectivity index (χ0v) is 14.6. The number of hydrogen-bond acceptors (Lipinski definition) is 4. The fourth-order valence-electron chi connectivity index (χ4n) is 2.88. The fraction of sp³-hybridized carbons (Fsp3) is 0.286. The molecule has 25 heavy (non-hydrogen) atoms. The number of Topliss-reactive ketones (excluding diaryl/α,β-unsaturated/α-hetero) is 1. The molecule has 0 amide bonds. The van der Waals surface area contributed by atoms with Crippen LogP contribution in [0.4, 0.5) is 5.69 Å². The maximum absolute atomic E-state index is 12.1. The molecular weight excluding hydrogens is 314 g/mol. The van der Waals surface area contributed by atoms with Gasteiger partial charge in [0.05, 0.1) is 7.11 Å². The van der Waals surface area contributed by atoms with Crippen LogP contribution in [-0.2, 0) is 4.79 Å². The van der Waals surface area contributed by atoms with E-state index in [1.54, 1.807) is 7.11 Å². The minimum atomic E-state index is 0.141. The summed E-state index contributed by atoms with van der Waals surface area (Å²) < 4.78 is 10.9. The van der Waals surface area contributed by atoms with Crippen LogP contribution in [0, 0.1) is 5.92 Å². The number of ether oxygens (including phenoxy) is 2. The Morgan fingerprint density at radius 2 is 1.60 bits per heavy atom. The normalized spacial score (nSPS) is 18.9. The molecule has 0 spiro atoms. The number of allylic oxidation sites excluding steroid dienone is 1. The van der Waals surface area contributed by atoms with E-state index in [1.807, 2.05) is 61.7 Å². The summed E-state index contributed by atoms with van der Waals surface area (Å²) in [4.78, 5) is 12.1. The monoisotopic (exact) mass is 337 g/mol. The van der Waals surface area contributed by atoms with Gasteiger partial charge in [0.25, 0.3) is 0 Å². The Bertz CT molecular complexity index is 748. The number of anilines is 1. The first-order chi connectivity index (χ1) is 12.2. The maximum atomic E-state index is 12.1. The molecule has 0 aliphatic heterocycles. The third-order valence-corrected chi connectivity index (χ3v) is 4.41. The number of benzene rings is 2. The van der Waals surface area contributed by atoms with Crippen molar-refractivity contribution in [1.82, 2.24) is 0 Å². The van der Waals surface area contributed by atoms with Crippen LogP contribution in [-0.4, -0.2) is 12.9 Å². The zero-order chi connectivity index (χ0) is 17.6. The highest BCUT2D eigenvalue weighted by Crippen LogP contribution is 2.26. The predicted molar refractivity (Wildman–Crippen MR) is 99.2 cm³/mol. The van der Waals surface area contributed by atoms with Gasteiger partial charge in [0.15, 0.2) is 5.78 Å². The quantitative estimate of drug-likeness (QED) is 0.764. The lowest BCUT2D eigenvalue weighted by Gasteiger charge is -2.19. The molecule has 0 unspecified atom stereocenters. The molecule has 4 heteroatoms. The Kier molecular flexibility index (Phi) is 5.39. The summed E-state index contributed by atoms with van der Waals surface area (Å²) in [5, 5.41) is 3.22. The van der Waals surface area contributed by atoms with Gasteiger partial charge in [-0.2, -0.15) is 0 Å². The summed E-state index contributed by atoms with van der Waals surface area (Å²) in [6.07, 6.45) is 4.77. The average molecular weight is 337 g/mol. The Morgan fingerprint density at radius 1 is 1.00 bits per heavy atom. The lowest BCUT2D eigenvalue weighted by molar-refractivity contribution is -0.119. The largest absolute Gasteiger partial charge is 0.497 e. The van der Waals surface area contributed by atoms with Gasteiger partial charge in [0, 0.05) is 23.4 Å². The molecule has 1 fully saturated rings. The molecule has 2 aromatic rings. The molecular formula is C21H23NO3. The Labute approximate surface area is 148 Å². The summed E-state index contributed by atoms with van der Waals surface area (Å²) in [7, 11) is 1.64. The highest BCUT2D eigenvalue weighted by Gasteiger charge is 2.22. The molecule has 1 N–H and O–H groups in total. The van der Waals surface area contributed by atoms with Crippen LogP contribution in [0.5, 0.6) is 17.2 Å². The van der Waals surface area contributed by atoms with Gasteiger partial charge in [-0.25, -0.2) is 0 Å². The van der Waals surface area contributed by atoms with Crippen LogP contribution in [0.25, 0.3) is 0 Å². The van der Waals surface area contributed by atoms with Crippen LogP contribution >= 0.6 is 0 Å². The second kappa shape index (κ2) is 7.88. The number of carbonyl (C=O) groups is 1. The van der Waals surface area contributed by atoms with Gasteiger partial charge in [-0.05, 0) is 67.8 Å². The van der Waals surface area contributed by atoms with Crippen molar-refractivity contribution in [2.75, 3.05) is 12.4 Å². The first-order valence-corrected chi connectivity index (χ1v) is 8.57. The zero-order valence-electron chi connectivity index (χ0n) is 14.6. The molecule has 0 heterocycles. The predicted octanol–water partition coefficient (Wildman–Crippen LogP) is 5.17. The average Bonchev–Trinajstić information content (AvgIpc) is 2.65. The lowest BCUT2D eigenvalue weighted by Crippen LogP contribution is -2.19. The van der Waals surface area contributed by atoms with E-state index in [0.29, 0.717) is 0 Å². The Balaban J connectivity index is 1.61. The summed E-state index contributed by atoms with van der Waals surface area (Å²) in [6.45, 7) is 2.00. The number of hydrogen-bond donors (Lipinski definition) is 1. The van der Waals surface area contributed by atoms with Gasteiger partial charge in [-0.15, -0.1) is 0 Å². The molecule has 1 saturated carbocycles. The van der Waals surface area contributed by atoms with E-state index in [-0.39, 0.29) is 11.7 Å². The van der Waals surface area contributed by atoms with Crippen LogP contribution in [0.2, 0.25) is 0 Å². The molecule has 1 atom stereocenters. The highest BCUT2D eigenvalue weighted by atomic mass is 16.5. The molecule has 130 valence electrons. The summed E-state index contributed by atoms with van der Waals surface area (Å²) in [5.41, 5.74) is 1.82. The lowest BCUT2D eigenvalue weighted by atomic mass is 9.86. The highest BCUT2D eigenvalue weighted by molar-refractivity contribution is 5.97. The standard InChI is InChI=1S/C21H23NO3/c1-15-4-3-5-16(21(15)23)14-22-17-6-8-19(9-7-17)25-20-12-10-18(24-2)11-13-20/h6-15,22H,3-5H2,1-2H3/b16-14-/t15-/m0/s1. The van der Waals surface area contributed by atoms with Gasteiger partial charge in [-0.1, -0.05) is 6.92 Å². The fourth-order valence-corrected chi connectivity index (χ4v) is 2.88. The van der Waals surface area contributed by atoms with Crippen molar-refractivity contribution in [3.8, 4) is 17.2 Å². The number of methoxy groups -OCH3 is 1. The molecule has 4 nitrogen and oxygen atoms in total. The number of rotatable bonds is 5. The van der Waals surface area contributed by atoms with Crippen molar-refractivity contribution >= 4 is 11.5 Å². The minimum absolute atomic E-state index is 0.141. The smallest absolute Gasteiger partial charge is 0.163 e. The van der Waals surface area contributed by atoms with Crippen molar-refractivity contribution in [2.24, 2.45) is 5.92 Å². The van der Waals surface area contributed by atoms with Crippen molar-refractivity contribution < 1.29 is 14.3 Å². The van der Waals surface area contributed by atoms with Crippen LogP contribution < -0.4 is 14.8 Å². The topological polar surface area (TPSA) is 47.6 Å². The van der Waals surface area contributed by atoms with E-state index in [9.17, 15) is 4.79 Å². The molecule has 2 aromatic carbocycles. The molecule has 0 bridgehead atoms. The van der Waals surface area contributed by atoms with Crippen molar-refractivity contribution in [1.29, 1.82) is 0 Å². The molecule has 3 rings (SSSR count). The van der Waals surface area contributed by atoms with Gasteiger partial charge in [-0.3, -0.25) is 4.79 Å². The first kappa shape index (κ1) is 17.1. The summed E-state index contributed by atoms with van der Waals surface area (Å²) >= 11 is 0. The second-order valence-electron chi connectivity index (χ2n) is 6.27. The van der Waals surface area contributed by atoms with Crippen molar-refractivity contribution in [3.05, 3.63) is 60.3 Å². The third kappa shape index (κ3) is 4.41. The van der Waals surface area contributed by atoms with E-state index in [4.69, 9.17) is 9.47 Å². The van der Waals surface area contributed by atoms with E-state index in [0.717, 1.165) is 47.8 Å². The minimum Gasteiger partial charge on any atom is -0.497 e. The van der Waals surface area contributed by atoms with Gasteiger partial charge < -0.3 is 14.8 Å².